The number of hydrogen-bond acceptors (Lipinski definition) is 6. The van der Waals surface area contributed by atoms with Crippen molar-refractivity contribution in [2.75, 3.05) is 10.0 Å². The van der Waals surface area contributed by atoms with E-state index in [1.54, 1.807) is 29.6 Å². The Morgan fingerprint density at radius 2 is 1.52 bits per heavy atom. The summed E-state index contributed by atoms with van der Waals surface area (Å²) in [4.78, 5) is 8.87. The van der Waals surface area contributed by atoms with E-state index < -0.39 is 10.0 Å². The average Bonchev–Trinajstić information content (AvgIpc) is 3.19. The number of benzene rings is 2. The molecular weight excluding hydrogens is 387 g/mol. The molecule has 0 saturated carbocycles. The first kappa shape index (κ1) is 17.4. The molecule has 0 fully saturated rings. The number of fused-ring (bicyclic) bond motifs is 1. The third-order valence-corrected chi connectivity index (χ3v) is 6.40. The van der Waals surface area contributed by atoms with E-state index in [1.165, 1.54) is 30.3 Å². The average molecular weight is 400 g/mol. The van der Waals surface area contributed by atoms with Crippen molar-refractivity contribution in [2.45, 2.75) is 4.21 Å². The van der Waals surface area contributed by atoms with E-state index in [1.807, 2.05) is 6.07 Å². The van der Waals surface area contributed by atoms with E-state index in [0.717, 1.165) is 11.3 Å². The van der Waals surface area contributed by atoms with Gasteiger partial charge in [0.15, 0.2) is 11.6 Å². The van der Waals surface area contributed by atoms with E-state index in [4.69, 9.17) is 0 Å². The maximum absolute atomic E-state index is 13.1. The lowest BCUT2D eigenvalue weighted by molar-refractivity contribution is 0.603. The van der Waals surface area contributed by atoms with Gasteiger partial charge in [-0.3, -0.25) is 4.72 Å². The van der Waals surface area contributed by atoms with E-state index in [2.05, 4.69) is 20.0 Å². The van der Waals surface area contributed by atoms with Crippen LogP contribution in [0.3, 0.4) is 0 Å². The Balaban J connectivity index is 1.78. The molecule has 0 aliphatic rings. The van der Waals surface area contributed by atoms with Crippen LogP contribution in [0.15, 0.2) is 70.3 Å². The molecule has 4 rings (SSSR count). The van der Waals surface area contributed by atoms with Crippen molar-refractivity contribution in [1.29, 1.82) is 0 Å². The zero-order chi connectivity index (χ0) is 18.9. The molecule has 2 aromatic carbocycles. The minimum Gasteiger partial charge on any atom is -0.337 e. The maximum Gasteiger partial charge on any atom is 0.272 e. The molecule has 0 saturated heterocycles. The van der Waals surface area contributed by atoms with Crippen LogP contribution in [0.5, 0.6) is 0 Å². The lowest BCUT2D eigenvalue weighted by Gasteiger charge is -2.13. The normalized spacial score (nSPS) is 11.4. The molecule has 0 spiro atoms. The number of anilines is 3. The van der Waals surface area contributed by atoms with Gasteiger partial charge in [0.05, 0.1) is 11.0 Å². The minimum atomic E-state index is -3.79. The predicted molar refractivity (Wildman–Crippen MR) is 104 cm³/mol. The van der Waals surface area contributed by atoms with E-state index in [0.29, 0.717) is 16.7 Å². The molecule has 0 bridgehead atoms. The van der Waals surface area contributed by atoms with Crippen molar-refractivity contribution in [3.63, 3.8) is 0 Å². The highest BCUT2D eigenvalue weighted by Crippen LogP contribution is 2.28. The largest absolute Gasteiger partial charge is 0.337 e. The number of rotatable bonds is 5. The lowest BCUT2D eigenvalue weighted by atomic mass is 10.3. The highest BCUT2D eigenvalue weighted by molar-refractivity contribution is 7.94. The van der Waals surface area contributed by atoms with Gasteiger partial charge in [0, 0.05) is 5.69 Å². The van der Waals surface area contributed by atoms with Crippen molar-refractivity contribution in [2.24, 2.45) is 0 Å². The van der Waals surface area contributed by atoms with E-state index in [-0.39, 0.29) is 21.7 Å². The number of thiophene rings is 1. The van der Waals surface area contributed by atoms with Gasteiger partial charge in [-0.2, -0.15) is 0 Å². The van der Waals surface area contributed by atoms with Crippen LogP contribution < -0.4 is 10.0 Å². The maximum atomic E-state index is 13.1. The SMILES string of the molecule is O=S(=O)(Nc1nc2ccccc2nc1Nc1ccc(F)cc1)c1cccs1. The summed E-state index contributed by atoms with van der Waals surface area (Å²) in [6.45, 7) is 0. The van der Waals surface area contributed by atoms with Crippen LogP contribution in [0.25, 0.3) is 11.0 Å². The van der Waals surface area contributed by atoms with E-state index in [9.17, 15) is 12.8 Å². The summed E-state index contributed by atoms with van der Waals surface area (Å²) in [5.74, 6) is -0.0874. The Kier molecular flexibility index (Phi) is 4.46. The first-order chi connectivity index (χ1) is 13.0. The number of para-hydroxylation sites is 2. The molecule has 2 N–H and O–H groups in total. The first-order valence-corrected chi connectivity index (χ1v) is 10.2. The van der Waals surface area contributed by atoms with Crippen LogP contribution >= 0.6 is 11.3 Å². The van der Waals surface area contributed by atoms with Gasteiger partial charge in [-0.1, -0.05) is 18.2 Å². The number of nitrogens with one attached hydrogen (secondary N) is 2. The molecule has 136 valence electrons. The van der Waals surface area contributed by atoms with Crippen LogP contribution in [0, 0.1) is 5.82 Å². The quantitative estimate of drug-likeness (QED) is 0.520. The zero-order valence-corrected chi connectivity index (χ0v) is 15.4. The van der Waals surface area contributed by atoms with Gasteiger partial charge in [0.1, 0.15) is 10.0 Å². The molecule has 9 heteroatoms. The molecule has 0 radical (unpaired) electrons. The number of nitrogens with zero attached hydrogens (tertiary/aromatic N) is 2. The Labute approximate surface area is 158 Å². The Morgan fingerprint density at radius 3 is 2.15 bits per heavy atom. The van der Waals surface area contributed by atoms with Gasteiger partial charge in [0.25, 0.3) is 10.0 Å². The molecule has 2 heterocycles. The summed E-state index contributed by atoms with van der Waals surface area (Å²) in [6.07, 6.45) is 0. The number of aromatic nitrogens is 2. The smallest absolute Gasteiger partial charge is 0.272 e. The third kappa shape index (κ3) is 3.74. The molecule has 6 nitrogen and oxygen atoms in total. The van der Waals surface area contributed by atoms with Gasteiger partial charge < -0.3 is 5.32 Å². The Morgan fingerprint density at radius 1 is 0.852 bits per heavy atom. The molecule has 4 aromatic rings. The number of hydrogen-bond donors (Lipinski definition) is 2. The molecule has 0 unspecified atom stereocenters. The molecule has 0 amide bonds. The summed E-state index contributed by atoms with van der Waals surface area (Å²) < 4.78 is 41.0. The Hall–Kier alpha value is -3.04. The monoisotopic (exact) mass is 400 g/mol. The molecule has 0 aliphatic heterocycles. The van der Waals surface area contributed by atoms with Gasteiger partial charge in [-0.15, -0.1) is 11.3 Å². The van der Waals surface area contributed by atoms with Gasteiger partial charge >= 0.3 is 0 Å². The Bertz CT molecular complexity index is 1190. The summed E-state index contributed by atoms with van der Waals surface area (Å²) in [6, 6.07) is 15.9. The summed E-state index contributed by atoms with van der Waals surface area (Å²) >= 11 is 1.10. The molecular formula is C18H13FN4O2S2. The summed E-state index contributed by atoms with van der Waals surface area (Å²) in [5.41, 5.74) is 1.70. The second-order valence-corrected chi connectivity index (χ2v) is 8.44. The second kappa shape index (κ2) is 6.93. The number of halogens is 1. The standard InChI is InChI=1S/C18H13FN4O2S2/c19-12-7-9-13(10-8-12)20-17-18(22-15-5-2-1-4-14(15)21-17)23-27(24,25)16-6-3-11-26-16/h1-11H,(H,20,21)(H,22,23). The van der Waals surface area contributed by atoms with Crippen LogP contribution in [0.2, 0.25) is 0 Å². The van der Waals surface area contributed by atoms with Gasteiger partial charge in [-0.05, 0) is 47.8 Å². The van der Waals surface area contributed by atoms with Gasteiger partial charge in [-0.25, -0.2) is 22.8 Å². The van der Waals surface area contributed by atoms with Crippen molar-refractivity contribution in [1.82, 2.24) is 9.97 Å². The second-order valence-electron chi connectivity index (χ2n) is 5.58. The van der Waals surface area contributed by atoms with Crippen LogP contribution in [0.1, 0.15) is 0 Å². The minimum absolute atomic E-state index is 0.0615. The van der Waals surface area contributed by atoms with Crippen molar-refractivity contribution < 1.29 is 12.8 Å². The fraction of sp³-hybridized carbons (Fsp3) is 0. The number of sulfonamides is 1. The fourth-order valence-electron chi connectivity index (χ4n) is 2.42. The highest BCUT2D eigenvalue weighted by Gasteiger charge is 2.19. The van der Waals surface area contributed by atoms with Crippen LogP contribution in [-0.4, -0.2) is 18.4 Å². The van der Waals surface area contributed by atoms with Crippen molar-refractivity contribution in [3.05, 3.63) is 71.9 Å². The van der Waals surface area contributed by atoms with Crippen LogP contribution in [-0.2, 0) is 10.0 Å². The summed E-state index contributed by atoms with van der Waals surface area (Å²) in [7, 11) is -3.79. The lowest BCUT2D eigenvalue weighted by Crippen LogP contribution is -2.15. The highest BCUT2D eigenvalue weighted by atomic mass is 32.2. The fourth-order valence-corrected chi connectivity index (χ4v) is 4.42. The van der Waals surface area contributed by atoms with Gasteiger partial charge in [0.2, 0.25) is 0 Å². The van der Waals surface area contributed by atoms with Crippen LogP contribution in [0.4, 0.5) is 21.7 Å². The van der Waals surface area contributed by atoms with E-state index >= 15 is 0 Å². The van der Waals surface area contributed by atoms with Crippen molar-refractivity contribution >= 4 is 49.7 Å². The third-order valence-electron chi connectivity index (χ3n) is 3.67. The zero-order valence-electron chi connectivity index (χ0n) is 13.8. The molecule has 0 aliphatic carbocycles. The molecule has 0 atom stereocenters. The predicted octanol–water partition coefficient (Wildman–Crippen LogP) is 4.37. The molecule has 27 heavy (non-hydrogen) atoms. The first-order valence-electron chi connectivity index (χ1n) is 7.87. The topological polar surface area (TPSA) is 84.0 Å². The molecule has 2 aromatic heterocycles. The van der Waals surface area contributed by atoms with Crippen molar-refractivity contribution in [3.8, 4) is 0 Å². The summed E-state index contributed by atoms with van der Waals surface area (Å²) in [5, 5.41) is 4.67.